The smallest absolute Gasteiger partial charge is 0.335 e. The van der Waals surface area contributed by atoms with Gasteiger partial charge < -0.3 is 24.7 Å². The number of pyridine rings is 2. The fourth-order valence-corrected chi connectivity index (χ4v) is 8.94. The SMILES string of the molecule is CCCCCCCCN(CCCCCCCC)CCCCCCCC.Cc1ccc2[nH]c3cc4c(=O)c5cc(C)ccc5n(Cc5cc(C(=O)O)cc(C(=O)O)c5)c4cc3c(=O)c2c1. The van der Waals surface area contributed by atoms with Gasteiger partial charge in [-0.15, -0.1) is 0 Å². The Labute approximate surface area is 379 Å². The summed E-state index contributed by atoms with van der Waals surface area (Å²) in [5.41, 5.74) is 3.86. The van der Waals surface area contributed by atoms with E-state index in [-0.39, 0.29) is 28.5 Å². The van der Waals surface area contributed by atoms with Crippen LogP contribution in [0.2, 0.25) is 0 Å². The normalized spacial score (nSPS) is 11.5. The molecule has 0 radical (unpaired) electrons. The van der Waals surface area contributed by atoms with Crippen molar-refractivity contribution in [3.8, 4) is 0 Å². The largest absolute Gasteiger partial charge is 0.478 e. The van der Waals surface area contributed by atoms with Crippen LogP contribution in [0.25, 0.3) is 43.6 Å². The van der Waals surface area contributed by atoms with Crippen LogP contribution in [0.15, 0.2) is 76.3 Å². The number of aromatic amines is 1. The lowest BCUT2D eigenvalue weighted by atomic mass is 10.0. The Kier molecular flexibility index (Phi) is 19.6. The molecule has 3 N–H and O–H groups in total. The molecule has 2 heterocycles. The highest BCUT2D eigenvalue weighted by Crippen LogP contribution is 2.27. The van der Waals surface area contributed by atoms with Crippen LogP contribution in [-0.2, 0) is 6.54 Å². The highest BCUT2D eigenvalue weighted by atomic mass is 16.4. The number of fused-ring (bicyclic) bond motifs is 4. The zero-order valence-corrected chi connectivity index (χ0v) is 39.3. The molecule has 0 amide bonds. The van der Waals surface area contributed by atoms with Gasteiger partial charge in [-0.25, -0.2) is 9.59 Å². The van der Waals surface area contributed by atoms with Crippen LogP contribution in [0.4, 0.5) is 0 Å². The van der Waals surface area contributed by atoms with Crippen LogP contribution >= 0.6 is 0 Å². The summed E-state index contributed by atoms with van der Waals surface area (Å²) < 4.78 is 1.83. The first kappa shape index (κ1) is 49.7. The van der Waals surface area contributed by atoms with Crippen molar-refractivity contribution in [1.82, 2.24) is 14.5 Å². The number of carboxylic acid groups (broad SMARTS) is 2. The summed E-state index contributed by atoms with van der Waals surface area (Å²) in [6.07, 6.45) is 25.7. The predicted octanol–water partition coefficient (Wildman–Crippen LogP) is 13.6. The van der Waals surface area contributed by atoms with Gasteiger partial charge in [-0.1, -0.05) is 140 Å². The van der Waals surface area contributed by atoms with Crippen molar-refractivity contribution in [3.05, 3.63) is 115 Å². The molecule has 9 nitrogen and oxygen atoms in total. The summed E-state index contributed by atoms with van der Waals surface area (Å²) in [6.45, 7) is 14.9. The minimum Gasteiger partial charge on any atom is -0.478 e. The molecular weight excluding hydrogens is 799 g/mol. The van der Waals surface area contributed by atoms with Crippen molar-refractivity contribution >= 4 is 55.6 Å². The van der Waals surface area contributed by atoms with E-state index < -0.39 is 11.9 Å². The van der Waals surface area contributed by atoms with E-state index in [0.717, 1.165) is 17.2 Å². The van der Waals surface area contributed by atoms with E-state index in [1.807, 2.05) is 48.7 Å². The number of rotatable bonds is 25. The van der Waals surface area contributed by atoms with Gasteiger partial charge in [-0.05, 0) is 113 Å². The van der Waals surface area contributed by atoms with Crippen molar-refractivity contribution in [3.63, 3.8) is 0 Å². The van der Waals surface area contributed by atoms with E-state index in [0.29, 0.717) is 49.2 Å². The van der Waals surface area contributed by atoms with Gasteiger partial charge in [0.05, 0.1) is 27.7 Å². The lowest BCUT2D eigenvalue weighted by molar-refractivity contribution is 0.0696. The molecule has 344 valence electrons. The summed E-state index contributed by atoms with van der Waals surface area (Å²) in [5.74, 6) is -2.49. The number of carbonyl (C=O) groups is 2. The van der Waals surface area contributed by atoms with Crippen LogP contribution < -0.4 is 10.9 Å². The van der Waals surface area contributed by atoms with Crippen molar-refractivity contribution in [1.29, 1.82) is 0 Å². The first-order valence-corrected chi connectivity index (χ1v) is 24.3. The zero-order chi connectivity index (χ0) is 46.0. The van der Waals surface area contributed by atoms with E-state index >= 15 is 0 Å². The molecule has 0 atom stereocenters. The second-order valence-electron chi connectivity index (χ2n) is 18.0. The summed E-state index contributed by atoms with van der Waals surface area (Å²) in [6, 6.07) is 18.4. The molecule has 4 aromatic carbocycles. The molecule has 0 aliphatic carbocycles. The number of benzene rings is 4. The Bertz CT molecular complexity index is 2540. The highest BCUT2D eigenvalue weighted by Gasteiger charge is 2.18. The van der Waals surface area contributed by atoms with Gasteiger partial charge in [-0.3, -0.25) is 9.59 Å². The summed E-state index contributed by atoms with van der Waals surface area (Å²) in [5, 5.41) is 20.9. The summed E-state index contributed by atoms with van der Waals surface area (Å²) >= 11 is 0. The first-order chi connectivity index (χ1) is 30.9. The van der Waals surface area contributed by atoms with Gasteiger partial charge >= 0.3 is 11.9 Å². The van der Waals surface area contributed by atoms with E-state index in [2.05, 4.69) is 30.7 Å². The minimum absolute atomic E-state index is 0.0772. The van der Waals surface area contributed by atoms with Crippen LogP contribution in [0.5, 0.6) is 0 Å². The van der Waals surface area contributed by atoms with Crippen molar-refractivity contribution < 1.29 is 19.8 Å². The maximum Gasteiger partial charge on any atom is 0.335 e. The van der Waals surface area contributed by atoms with Gasteiger partial charge in [0.1, 0.15) is 0 Å². The second-order valence-corrected chi connectivity index (χ2v) is 18.0. The number of hydrogen-bond donors (Lipinski definition) is 3. The maximum atomic E-state index is 13.7. The Morgan fingerprint density at radius 2 is 0.938 bits per heavy atom. The number of carboxylic acids is 2. The molecular formula is C55H73N3O6. The molecule has 64 heavy (non-hydrogen) atoms. The average Bonchev–Trinajstić information content (AvgIpc) is 3.28. The average molecular weight is 872 g/mol. The Morgan fingerprint density at radius 1 is 0.500 bits per heavy atom. The number of aryl methyl sites for hydroxylation is 2. The predicted molar refractivity (Wildman–Crippen MR) is 267 cm³/mol. The third-order valence-electron chi connectivity index (χ3n) is 12.6. The monoisotopic (exact) mass is 872 g/mol. The van der Waals surface area contributed by atoms with E-state index in [4.69, 9.17) is 0 Å². The van der Waals surface area contributed by atoms with Crippen molar-refractivity contribution in [2.75, 3.05) is 19.6 Å². The Morgan fingerprint density at radius 3 is 1.45 bits per heavy atom. The number of nitrogens with one attached hydrogen (secondary N) is 1. The zero-order valence-electron chi connectivity index (χ0n) is 39.3. The van der Waals surface area contributed by atoms with Gasteiger partial charge in [0.2, 0.25) is 0 Å². The molecule has 6 aromatic rings. The Hall–Kier alpha value is -5.28. The molecule has 2 aromatic heterocycles. The van der Waals surface area contributed by atoms with Crippen molar-refractivity contribution in [2.24, 2.45) is 0 Å². The fraction of sp³-hybridized carbons (Fsp3) is 0.491. The number of H-pyrrole nitrogens is 1. The molecule has 0 bridgehead atoms. The van der Waals surface area contributed by atoms with E-state index in [9.17, 15) is 29.4 Å². The molecule has 0 saturated heterocycles. The molecule has 0 spiro atoms. The number of unbranched alkanes of at least 4 members (excludes halogenated alkanes) is 15. The third kappa shape index (κ3) is 13.9. The number of nitrogens with zero attached hydrogens (tertiary/aromatic N) is 2. The van der Waals surface area contributed by atoms with Gasteiger partial charge in [0.25, 0.3) is 0 Å². The lowest BCUT2D eigenvalue weighted by Gasteiger charge is -2.22. The molecule has 9 heteroatoms. The first-order valence-electron chi connectivity index (χ1n) is 24.3. The lowest BCUT2D eigenvalue weighted by Crippen LogP contribution is -2.27. The fourth-order valence-electron chi connectivity index (χ4n) is 8.94. The summed E-state index contributed by atoms with van der Waals surface area (Å²) in [4.78, 5) is 56.8. The van der Waals surface area contributed by atoms with Crippen molar-refractivity contribution in [2.45, 2.75) is 157 Å². The topological polar surface area (TPSA) is 133 Å². The second kappa shape index (κ2) is 25.3. The van der Waals surface area contributed by atoms with Crippen LogP contribution in [-0.4, -0.2) is 56.2 Å². The van der Waals surface area contributed by atoms with Gasteiger partial charge in [-0.2, -0.15) is 0 Å². The number of hydrogen-bond acceptors (Lipinski definition) is 5. The van der Waals surface area contributed by atoms with Crippen LogP contribution in [0.1, 0.15) is 174 Å². The van der Waals surface area contributed by atoms with E-state index in [1.165, 1.54) is 147 Å². The van der Waals surface area contributed by atoms with Crippen LogP contribution in [0, 0.1) is 13.8 Å². The van der Waals surface area contributed by atoms with Gasteiger partial charge in [0, 0.05) is 33.6 Å². The van der Waals surface area contributed by atoms with Crippen LogP contribution in [0.3, 0.4) is 0 Å². The molecule has 0 fully saturated rings. The quantitative estimate of drug-likeness (QED) is 0.0385. The number of aromatic nitrogens is 2. The third-order valence-corrected chi connectivity index (χ3v) is 12.6. The van der Waals surface area contributed by atoms with Gasteiger partial charge in [0.15, 0.2) is 10.9 Å². The molecule has 0 aliphatic heterocycles. The number of aromatic carboxylic acids is 2. The molecule has 0 saturated carbocycles. The summed E-state index contributed by atoms with van der Waals surface area (Å²) in [7, 11) is 0. The Balaban J connectivity index is 0.000000269. The van der Waals surface area contributed by atoms with E-state index in [1.54, 1.807) is 18.2 Å². The molecule has 0 unspecified atom stereocenters. The standard InChI is InChI=1S/C31H22N2O6.C24H51N/c1-15-3-5-24-20(7-15)28(34)21-13-27-23(12-25(21)32-24)29(35)22-8-16(2)4-6-26(22)33(27)14-17-9-18(30(36)37)11-19(10-17)31(38)39;1-4-7-10-13-16-19-22-25(23-20-17-14-11-8-5-2)24-21-18-15-12-9-6-3/h3-13H,14H2,1-2H3,(H,32,34)(H,36,37)(H,38,39);4-24H2,1-3H3. The highest BCUT2D eigenvalue weighted by molar-refractivity contribution is 6.03. The maximum absolute atomic E-state index is 13.7. The molecule has 6 rings (SSSR count). The molecule has 0 aliphatic rings. The minimum atomic E-state index is -1.25.